The molecule has 0 aliphatic rings. The van der Waals surface area contributed by atoms with E-state index >= 15 is 0 Å². The standard InChI is InChI=1S/C18H18N2O/c1-11-5-8-16(13(3)19-11)18(21)15-7-9-17-14(10-15)6-4-12(2)20-17/h4-10,18,21H,1-3H3. The molecule has 1 atom stereocenters. The molecule has 2 aromatic heterocycles. The van der Waals surface area contributed by atoms with Crippen LogP contribution in [-0.4, -0.2) is 15.1 Å². The van der Waals surface area contributed by atoms with E-state index in [0.717, 1.165) is 39.1 Å². The van der Waals surface area contributed by atoms with Gasteiger partial charge in [-0.1, -0.05) is 18.2 Å². The molecule has 3 nitrogen and oxygen atoms in total. The maximum atomic E-state index is 10.6. The van der Waals surface area contributed by atoms with E-state index in [-0.39, 0.29) is 0 Å². The van der Waals surface area contributed by atoms with Crippen molar-refractivity contribution >= 4 is 10.9 Å². The topological polar surface area (TPSA) is 46.0 Å². The van der Waals surface area contributed by atoms with E-state index in [1.807, 2.05) is 63.2 Å². The van der Waals surface area contributed by atoms with Gasteiger partial charge in [0.1, 0.15) is 6.10 Å². The second-order valence-electron chi connectivity index (χ2n) is 5.43. The first-order valence-electron chi connectivity index (χ1n) is 7.04. The molecule has 3 aromatic rings. The van der Waals surface area contributed by atoms with Crippen LogP contribution < -0.4 is 0 Å². The molecule has 3 rings (SSSR count). The van der Waals surface area contributed by atoms with Crippen molar-refractivity contribution in [1.82, 2.24) is 9.97 Å². The third-order valence-corrected chi connectivity index (χ3v) is 3.73. The molecule has 0 amide bonds. The number of pyridine rings is 2. The van der Waals surface area contributed by atoms with Gasteiger partial charge in [-0.05, 0) is 50.6 Å². The van der Waals surface area contributed by atoms with Crippen molar-refractivity contribution in [2.24, 2.45) is 0 Å². The summed E-state index contributed by atoms with van der Waals surface area (Å²) in [6.45, 7) is 5.86. The van der Waals surface area contributed by atoms with Gasteiger partial charge in [0.05, 0.1) is 5.52 Å². The molecule has 0 aliphatic heterocycles. The number of aryl methyl sites for hydroxylation is 3. The Balaban J connectivity index is 2.04. The fourth-order valence-electron chi connectivity index (χ4n) is 2.58. The Hall–Kier alpha value is -2.26. The molecule has 0 aliphatic carbocycles. The van der Waals surface area contributed by atoms with Crippen LogP contribution in [0.15, 0.2) is 42.5 Å². The zero-order chi connectivity index (χ0) is 15.0. The molecule has 106 valence electrons. The first kappa shape index (κ1) is 13.7. The van der Waals surface area contributed by atoms with Gasteiger partial charge < -0.3 is 5.11 Å². The van der Waals surface area contributed by atoms with Crippen molar-refractivity contribution in [1.29, 1.82) is 0 Å². The summed E-state index contributed by atoms with van der Waals surface area (Å²) < 4.78 is 0. The van der Waals surface area contributed by atoms with Crippen LogP contribution in [-0.2, 0) is 0 Å². The summed E-state index contributed by atoms with van der Waals surface area (Å²) in [6.07, 6.45) is -0.663. The van der Waals surface area contributed by atoms with Crippen LogP contribution >= 0.6 is 0 Å². The molecular weight excluding hydrogens is 260 g/mol. The third-order valence-electron chi connectivity index (χ3n) is 3.73. The number of nitrogens with zero attached hydrogens (tertiary/aromatic N) is 2. The van der Waals surface area contributed by atoms with Gasteiger partial charge in [-0.25, -0.2) is 0 Å². The molecule has 0 spiro atoms. The molecule has 0 radical (unpaired) electrons. The van der Waals surface area contributed by atoms with Crippen molar-refractivity contribution in [3.63, 3.8) is 0 Å². The summed E-state index contributed by atoms with van der Waals surface area (Å²) in [5, 5.41) is 11.7. The van der Waals surface area contributed by atoms with E-state index in [0.29, 0.717) is 0 Å². The Labute approximate surface area is 124 Å². The van der Waals surface area contributed by atoms with Gasteiger partial charge in [0.2, 0.25) is 0 Å². The Bertz CT molecular complexity index is 811. The van der Waals surface area contributed by atoms with Gasteiger partial charge >= 0.3 is 0 Å². The van der Waals surface area contributed by atoms with E-state index in [9.17, 15) is 5.11 Å². The van der Waals surface area contributed by atoms with Crippen LogP contribution in [0.1, 0.15) is 34.3 Å². The Kier molecular flexibility index (Phi) is 3.43. The van der Waals surface area contributed by atoms with Gasteiger partial charge in [-0.2, -0.15) is 0 Å². The highest BCUT2D eigenvalue weighted by atomic mass is 16.3. The lowest BCUT2D eigenvalue weighted by Gasteiger charge is -2.14. The lowest BCUT2D eigenvalue weighted by atomic mass is 9.98. The second-order valence-corrected chi connectivity index (χ2v) is 5.43. The molecule has 1 unspecified atom stereocenters. The first-order valence-corrected chi connectivity index (χ1v) is 7.04. The number of hydrogen-bond donors (Lipinski definition) is 1. The fraction of sp³-hybridized carbons (Fsp3) is 0.222. The molecule has 21 heavy (non-hydrogen) atoms. The van der Waals surface area contributed by atoms with Crippen molar-refractivity contribution in [3.8, 4) is 0 Å². The molecule has 0 fully saturated rings. The minimum atomic E-state index is -0.663. The maximum Gasteiger partial charge on any atom is 0.106 e. The highest BCUT2D eigenvalue weighted by Crippen LogP contribution is 2.26. The predicted octanol–water partition coefficient (Wildman–Crippen LogP) is 3.64. The minimum absolute atomic E-state index is 0.663. The van der Waals surface area contributed by atoms with Gasteiger partial charge in [-0.3, -0.25) is 9.97 Å². The highest BCUT2D eigenvalue weighted by molar-refractivity contribution is 5.79. The number of rotatable bonds is 2. The van der Waals surface area contributed by atoms with Crippen molar-refractivity contribution < 1.29 is 5.11 Å². The summed E-state index contributed by atoms with van der Waals surface area (Å²) >= 11 is 0. The number of aromatic nitrogens is 2. The Morgan fingerprint density at radius 3 is 2.33 bits per heavy atom. The van der Waals surface area contributed by atoms with E-state index in [1.54, 1.807) is 0 Å². The van der Waals surface area contributed by atoms with Crippen molar-refractivity contribution in [3.05, 3.63) is 70.7 Å². The van der Waals surface area contributed by atoms with Gasteiger partial charge in [-0.15, -0.1) is 0 Å². The van der Waals surface area contributed by atoms with Crippen LogP contribution in [0.25, 0.3) is 10.9 Å². The van der Waals surface area contributed by atoms with Crippen LogP contribution in [0.5, 0.6) is 0 Å². The van der Waals surface area contributed by atoms with Crippen molar-refractivity contribution in [2.45, 2.75) is 26.9 Å². The number of aliphatic hydroxyl groups is 1. The van der Waals surface area contributed by atoms with Gasteiger partial charge in [0.25, 0.3) is 0 Å². The average Bonchev–Trinajstić information content (AvgIpc) is 2.46. The molecule has 1 aromatic carbocycles. The van der Waals surface area contributed by atoms with E-state index in [1.165, 1.54) is 0 Å². The SMILES string of the molecule is Cc1ccc(C(O)c2ccc3nc(C)ccc3c2)c(C)n1. The predicted molar refractivity (Wildman–Crippen MR) is 84.3 cm³/mol. The van der Waals surface area contributed by atoms with Crippen molar-refractivity contribution in [2.75, 3.05) is 0 Å². The number of hydrogen-bond acceptors (Lipinski definition) is 3. The summed E-state index contributed by atoms with van der Waals surface area (Å²) in [5.74, 6) is 0. The molecule has 3 heteroatoms. The second kappa shape index (κ2) is 5.26. The number of aliphatic hydroxyl groups excluding tert-OH is 1. The highest BCUT2D eigenvalue weighted by Gasteiger charge is 2.14. The maximum absolute atomic E-state index is 10.6. The van der Waals surface area contributed by atoms with Crippen LogP contribution in [0.4, 0.5) is 0 Å². The summed E-state index contributed by atoms with van der Waals surface area (Å²) in [6, 6.07) is 13.8. The first-order chi connectivity index (χ1) is 10.0. The van der Waals surface area contributed by atoms with E-state index in [2.05, 4.69) is 9.97 Å². The lowest BCUT2D eigenvalue weighted by Crippen LogP contribution is -2.04. The molecule has 0 saturated heterocycles. The zero-order valence-electron chi connectivity index (χ0n) is 12.5. The van der Waals surface area contributed by atoms with Gasteiger partial charge in [0, 0.05) is 28.0 Å². The monoisotopic (exact) mass is 278 g/mol. The van der Waals surface area contributed by atoms with Crippen LogP contribution in [0.2, 0.25) is 0 Å². The molecule has 1 N–H and O–H groups in total. The van der Waals surface area contributed by atoms with E-state index in [4.69, 9.17) is 0 Å². The van der Waals surface area contributed by atoms with Crippen LogP contribution in [0, 0.1) is 20.8 Å². The fourth-order valence-corrected chi connectivity index (χ4v) is 2.58. The number of fused-ring (bicyclic) bond motifs is 1. The summed E-state index contributed by atoms with van der Waals surface area (Å²) in [7, 11) is 0. The average molecular weight is 278 g/mol. The smallest absolute Gasteiger partial charge is 0.106 e. The zero-order valence-corrected chi connectivity index (χ0v) is 12.5. The minimum Gasteiger partial charge on any atom is -0.384 e. The normalized spacial score (nSPS) is 12.6. The summed E-state index contributed by atoms with van der Waals surface area (Å²) in [5.41, 5.74) is 5.48. The van der Waals surface area contributed by atoms with Gasteiger partial charge in [0.15, 0.2) is 0 Å². The Morgan fingerprint density at radius 2 is 1.57 bits per heavy atom. The molecule has 2 heterocycles. The van der Waals surface area contributed by atoms with E-state index < -0.39 is 6.10 Å². The molecule has 0 saturated carbocycles. The molecule has 0 bridgehead atoms. The largest absolute Gasteiger partial charge is 0.384 e. The number of benzene rings is 1. The quantitative estimate of drug-likeness (QED) is 0.778. The van der Waals surface area contributed by atoms with Crippen LogP contribution in [0.3, 0.4) is 0 Å². The lowest BCUT2D eigenvalue weighted by molar-refractivity contribution is 0.219. The molecular formula is C18H18N2O. The summed E-state index contributed by atoms with van der Waals surface area (Å²) in [4.78, 5) is 8.91. The third kappa shape index (κ3) is 2.65. The Morgan fingerprint density at radius 1 is 0.857 bits per heavy atom.